The van der Waals surface area contributed by atoms with Crippen molar-refractivity contribution in [3.63, 3.8) is 0 Å². The third kappa shape index (κ3) is 1.87. The zero-order valence-corrected chi connectivity index (χ0v) is 9.84. The van der Waals surface area contributed by atoms with Gasteiger partial charge in [-0.3, -0.25) is 0 Å². The molecule has 0 saturated heterocycles. The Balaban J connectivity index is 2.35. The molecule has 14 heavy (non-hydrogen) atoms. The Morgan fingerprint density at radius 3 is 3.00 bits per heavy atom. The predicted molar refractivity (Wildman–Crippen MR) is 62.9 cm³/mol. The molecule has 2 heterocycles. The fourth-order valence-electron chi connectivity index (χ4n) is 1.35. The zero-order chi connectivity index (χ0) is 9.97. The first-order valence-electron chi connectivity index (χ1n) is 4.44. The molecule has 0 fully saturated rings. The number of hydrogen-bond donors (Lipinski definition) is 1. The molecule has 2 nitrogen and oxygen atoms in total. The summed E-state index contributed by atoms with van der Waals surface area (Å²) in [6, 6.07) is 2.12. The smallest absolute Gasteiger partial charge is 0.107 e. The molecule has 2 aromatic heterocycles. The average molecular weight is 224 g/mol. The van der Waals surface area contributed by atoms with Crippen molar-refractivity contribution in [1.82, 2.24) is 10.3 Å². The maximum atomic E-state index is 4.60. The van der Waals surface area contributed by atoms with Gasteiger partial charge in [0.1, 0.15) is 5.01 Å². The molecular formula is C10H12N2S2. The number of thiophene rings is 1. The molecule has 0 aliphatic carbocycles. The van der Waals surface area contributed by atoms with Gasteiger partial charge >= 0.3 is 0 Å². The molecule has 0 saturated carbocycles. The van der Waals surface area contributed by atoms with E-state index in [1.54, 1.807) is 22.7 Å². The van der Waals surface area contributed by atoms with Crippen LogP contribution in [0.25, 0.3) is 11.3 Å². The Hall–Kier alpha value is -0.710. The van der Waals surface area contributed by atoms with E-state index in [9.17, 15) is 0 Å². The largest absolute Gasteiger partial charge is 0.314 e. The van der Waals surface area contributed by atoms with Gasteiger partial charge < -0.3 is 5.32 Å². The van der Waals surface area contributed by atoms with Crippen LogP contribution in [0, 0.1) is 6.92 Å². The molecule has 4 heteroatoms. The minimum absolute atomic E-state index is 0.857. The lowest BCUT2D eigenvalue weighted by Gasteiger charge is -1.92. The van der Waals surface area contributed by atoms with Crippen LogP contribution in [0.4, 0.5) is 0 Å². The van der Waals surface area contributed by atoms with Gasteiger partial charge in [-0.15, -0.1) is 11.3 Å². The number of nitrogens with one attached hydrogen (secondary N) is 1. The lowest BCUT2D eigenvalue weighted by atomic mass is 10.2. The number of rotatable bonds is 3. The van der Waals surface area contributed by atoms with Crippen LogP contribution in [-0.2, 0) is 6.54 Å². The highest BCUT2D eigenvalue weighted by molar-refractivity contribution is 7.12. The first-order valence-corrected chi connectivity index (χ1v) is 6.20. The highest BCUT2D eigenvalue weighted by Gasteiger charge is 2.08. The number of hydrogen-bond acceptors (Lipinski definition) is 4. The number of aromatic nitrogens is 1. The van der Waals surface area contributed by atoms with Crippen LogP contribution in [0.3, 0.4) is 0 Å². The van der Waals surface area contributed by atoms with Gasteiger partial charge in [0.05, 0.1) is 5.69 Å². The Morgan fingerprint density at radius 2 is 2.36 bits per heavy atom. The summed E-state index contributed by atoms with van der Waals surface area (Å²) in [5.41, 5.74) is 2.38. The monoisotopic (exact) mass is 224 g/mol. The zero-order valence-electron chi connectivity index (χ0n) is 8.20. The first kappa shape index (κ1) is 9.83. The molecule has 0 unspecified atom stereocenters. The van der Waals surface area contributed by atoms with Gasteiger partial charge in [0, 0.05) is 22.4 Å². The van der Waals surface area contributed by atoms with Crippen LogP contribution >= 0.6 is 22.7 Å². The molecule has 0 spiro atoms. The molecule has 0 aliphatic rings. The lowest BCUT2D eigenvalue weighted by molar-refractivity contribution is 0.811. The standard InChI is InChI=1S/C10H12N2S2/c1-7-10(8-3-4-13-6-8)12-9(14-7)5-11-2/h3-4,6,11H,5H2,1-2H3. The van der Waals surface area contributed by atoms with E-state index in [-0.39, 0.29) is 0 Å². The fourth-order valence-corrected chi connectivity index (χ4v) is 2.95. The van der Waals surface area contributed by atoms with Crippen LogP contribution in [-0.4, -0.2) is 12.0 Å². The number of thiazole rings is 1. The summed E-state index contributed by atoms with van der Waals surface area (Å²) in [6.45, 7) is 2.99. The van der Waals surface area contributed by atoms with Gasteiger partial charge in [-0.1, -0.05) is 0 Å². The summed E-state index contributed by atoms with van der Waals surface area (Å²) in [5, 5.41) is 8.51. The lowest BCUT2D eigenvalue weighted by Crippen LogP contribution is -2.04. The van der Waals surface area contributed by atoms with Crippen molar-refractivity contribution in [2.24, 2.45) is 0 Å². The Labute approximate surface area is 91.6 Å². The SMILES string of the molecule is CNCc1nc(-c2ccsc2)c(C)s1. The summed E-state index contributed by atoms with van der Waals surface area (Å²) in [6.07, 6.45) is 0. The van der Waals surface area contributed by atoms with Crippen molar-refractivity contribution >= 4 is 22.7 Å². The molecule has 1 N–H and O–H groups in total. The third-order valence-corrected chi connectivity index (χ3v) is 3.62. The molecule has 0 amide bonds. The van der Waals surface area contributed by atoms with Crippen molar-refractivity contribution in [3.8, 4) is 11.3 Å². The highest BCUT2D eigenvalue weighted by atomic mass is 32.1. The van der Waals surface area contributed by atoms with E-state index >= 15 is 0 Å². The summed E-state index contributed by atoms with van der Waals surface area (Å²) in [5.74, 6) is 0. The van der Waals surface area contributed by atoms with E-state index in [2.05, 4.69) is 34.1 Å². The van der Waals surface area contributed by atoms with Crippen LogP contribution in [0.2, 0.25) is 0 Å². The third-order valence-electron chi connectivity index (χ3n) is 1.96. The Morgan fingerprint density at radius 1 is 1.50 bits per heavy atom. The van der Waals surface area contributed by atoms with Gasteiger partial charge in [-0.25, -0.2) is 4.98 Å². The molecule has 2 rings (SSSR count). The molecule has 0 aliphatic heterocycles. The van der Waals surface area contributed by atoms with Gasteiger partial charge in [0.2, 0.25) is 0 Å². The second kappa shape index (κ2) is 4.21. The fraction of sp³-hybridized carbons (Fsp3) is 0.300. The van der Waals surface area contributed by atoms with Crippen LogP contribution in [0.1, 0.15) is 9.88 Å². The molecule has 2 aromatic rings. The molecule has 74 valence electrons. The van der Waals surface area contributed by atoms with Crippen LogP contribution in [0.5, 0.6) is 0 Å². The molecular weight excluding hydrogens is 212 g/mol. The van der Waals surface area contributed by atoms with E-state index in [1.807, 2.05) is 7.05 Å². The summed E-state index contributed by atoms with van der Waals surface area (Å²) in [7, 11) is 1.95. The van der Waals surface area contributed by atoms with Gasteiger partial charge in [-0.05, 0) is 25.4 Å². The maximum Gasteiger partial charge on any atom is 0.107 e. The van der Waals surface area contributed by atoms with Crippen LogP contribution in [0.15, 0.2) is 16.8 Å². The van der Waals surface area contributed by atoms with Gasteiger partial charge in [0.25, 0.3) is 0 Å². The van der Waals surface area contributed by atoms with E-state index in [1.165, 1.54) is 10.4 Å². The maximum absolute atomic E-state index is 4.60. The van der Waals surface area contributed by atoms with Crippen molar-refractivity contribution < 1.29 is 0 Å². The normalized spacial score (nSPS) is 10.7. The Kier molecular flexibility index (Phi) is 2.96. The quantitative estimate of drug-likeness (QED) is 0.867. The van der Waals surface area contributed by atoms with Crippen LogP contribution < -0.4 is 5.32 Å². The molecule has 0 bridgehead atoms. The highest BCUT2D eigenvalue weighted by Crippen LogP contribution is 2.28. The summed E-state index contributed by atoms with van der Waals surface area (Å²) < 4.78 is 0. The summed E-state index contributed by atoms with van der Waals surface area (Å²) >= 11 is 3.48. The second-order valence-electron chi connectivity index (χ2n) is 3.05. The predicted octanol–water partition coefficient (Wildman–Crippen LogP) is 2.90. The van der Waals surface area contributed by atoms with E-state index in [0.29, 0.717) is 0 Å². The average Bonchev–Trinajstić information content (AvgIpc) is 2.74. The minimum Gasteiger partial charge on any atom is -0.314 e. The second-order valence-corrected chi connectivity index (χ2v) is 5.12. The number of aryl methyl sites for hydroxylation is 1. The molecule has 0 atom stereocenters. The van der Waals surface area contributed by atoms with E-state index < -0.39 is 0 Å². The van der Waals surface area contributed by atoms with Gasteiger partial charge in [-0.2, -0.15) is 11.3 Å². The van der Waals surface area contributed by atoms with E-state index in [0.717, 1.165) is 17.2 Å². The number of nitrogens with zero attached hydrogens (tertiary/aromatic N) is 1. The van der Waals surface area contributed by atoms with E-state index in [4.69, 9.17) is 0 Å². The van der Waals surface area contributed by atoms with Crippen molar-refractivity contribution in [1.29, 1.82) is 0 Å². The molecule has 0 radical (unpaired) electrons. The van der Waals surface area contributed by atoms with Crippen molar-refractivity contribution in [3.05, 3.63) is 26.7 Å². The van der Waals surface area contributed by atoms with Crippen molar-refractivity contribution in [2.75, 3.05) is 7.05 Å². The minimum atomic E-state index is 0.857. The Bertz CT molecular complexity index is 404. The van der Waals surface area contributed by atoms with Gasteiger partial charge in [0.15, 0.2) is 0 Å². The summed E-state index contributed by atoms with van der Waals surface area (Å²) in [4.78, 5) is 5.90. The van der Waals surface area contributed by atoms with Crippen molar-refractivity contribution in [2.45, 2.75) is 13.5 Å². The first-order chi connectivity index (χ1) is 6.81. The topological polar surface area (TPSA) is 24.9 Å². The molecule has 0 aromatic carbocycles.